The van der Waals surface area contributed by atoms with Gasteiger partial charge in [-0.1, -0.05) is 0 Å². The Morgan fingerprint density at radius 1 is 0.882 bits per heavy atom. The van der Waals surface area contributed by atoms with Crippen molar-refractivity contribution in [3.63, 3.8) is 0 Å². The van der Waals surface area contributed by atoms with Gasteiger partial charge >= 0.3 is 0 Å². The third-order valence-electron chi connectivity index (χ3n) is 2.26. The van der Waals surface area contributed by atoms with Crippen LogP contribution in [0.25, 0.3) is 0 Å². The van der Waals surface area contributed by atoms with Gasteiger partial charge in [0, 0.05) is 11.9 Å². The number of nitrogens with two attached hydrogens (primary N) is 2. The summed E-state index contributed by atoms with van der Waals surface area (Å²) >= 11 is 0. The molecule has 6 heteroatoms. The molecule has 0 aliphatic carbocycles. The molecular weight excluding hydrogens is 238 g/mol. The number of anilines is 2. The molecule has 0 bridgehead atoms. The summed E-state index contributed by atoms with van der Waals surface area (Å²) in [5.41, 5.74) is 11.4. The Labute approximate surface area is 99.0 Å². The Morgan fingerprint density at radius 2 is 1.47 bits per heavy atom. The first-order chi connectivity index (χ1) is 8.00. The predicted octanol–water partition coefficient (Wildman–Crippen LogP) is 1.08. The van der Waals surface area contributed by atoms with Gasteiger partial charge in [0.1, 0.15) is 5.82 Å². The number of hydrogen-bond acceptors (Lipinski definition) is 5. The van der Waals surface area contributed by atoms with Gasteiger partial charge in [-0.25, -0.2) is 13.4 Å². The first-order valence-corrected chi connectivity index (χ1v) is 6.30. The molecule has 1 aromatic carbocycles. The van der Waals surface area contributed by atoms with Gasteiger partial charge in [-0.05, 0) is 36.4 Å². The molecule has 0 atom stereocenters. The molecule has 2 rings (SSSR count). The van der Waals surface area contributed by atoms with E-state index in [1.165, 1.54) is 42.6 Å². The largest absolute Gasteiger partial charge is 0.399 e. The van der Waals surface area contributed by atoms with E-state index in [1.807, 2.05) is 0 Å². The summed E-state index contributed by atoms with van der Waals surface area (Å²) in [5.74, 6) is 0.279. The van der Waals surface area contributed by atoms with Crippen molar-refractivity contribution in [3.05, 3.63) is 42.6 Å². The molecule has 1 aromatic heterocycles. The number of nitrogen functional groups attached to an aromatic ring is 2. The summed E-state index contributed by atoms with van der Waals surface area (Å²) < 4.78 is 24.3. The Hall–Kier alpha value is -2.08. The van der Waals surface area contributed by atoms with Crippen LogP contribution in [0.15, 0.2) is 52.4 Å². The van der Waals surface area contributed by atoms with Crippen LogP contribution in [0.1, 0.15) is 0 Å². The van der Waals surface area contributed by atoms with Crippen molar-refractivity contribution in [2.45, 2.75) is 9.79 Å². The molecule has 0 unspecified atom stereocenters. The molecule has 0 amide bonds. The fraction of sp³-hybridized carbons (Fsp3) is 0. The van der Waals surface area contributed by atoms with Crippen molar-refractivity contribution in [3.8, 4) is 0 Å². The van der Waals surface area contributed by atoms with Crippen LogP contribution in [0.2, 0.25) is 0 Å². The molecule has 0 aliphatic heterocycles. The lowest BCUT2D eigenvalue weighted by Gasteiger charge is -2.04. The minimum atomic E-state index is -3.55. The minimum absolute atomic E-state index is 0.108. The van der Waals surface area contributed by atoms with Crippen LogP contribution in [0, 0.1) is 0 Å². The van der Waals surface area contributed by atoms with E-state index in [0.29, 0.717) is 5.69 Å². The standard InChI is InChI=1S/C11H11N3O2S/c12-8-1-3-9(4-2-8)17(15,16)10-5-6-11(13)14-7-10/h1-7H,12H2,(H2,13,14). The van der Waals surface area contributed by atoms with Crippen LogP contribution in [0.4, 0.5) is 11.5 Å². The normalized spacial score (nSPS) is 11.3. The molecule has 1 heterocycles. The summed E-state index contributed by atoms with van der Waals surface area (Å²) in [4.78, 5) is 4.05. The number of rotatable bonds is 2. The zero-order chi connectivity index (χ0) is 12.5. The monoisotopic (exact) mass is 249 g/mol. The van der Waals surface area contributed by atoms with E-state index < -0.39 is 9.84 Å². The van der Waals surface area contributed by atoms with Crippen LogP contribution < -0.4 is 11.5 Å². The summed E-state index contributed by atoms with van der Waals surface area (Å²) in [6.07, 6.45) is 1.24. The van der Waals surface area contributed by atoms with Gasteiger partial charge < -0.3 is 11.5 Å². The fourth-order valence-corrected chi connectivity index (χ4v) is 2.54. The van der Waals surface area contributed by atoms with E-state index in [9.17, 15) is 8.42 Å². The quantitative estimate of drug-likeness (QED) is 0.776. The predicted molar refractivity (Wildman–Crippen MR) is 65.0 cm³/mol. The van der Waals surface area contributed by atoms with E-state index in [0.717, 1.165) is 0 Å². The molecule has 0 spiro atoms. The van der Waals surface area contributed by atoms with Crippen molar-refractivity contribution in [2.75, 3.05) is 11.5 Å². The first-order valence-electron chi connectivity index (χ1n) is 4.82. The van der Waals surface area contributed by atoms with Crippen molar-refractivity contribution in [2.24, 2.45) is 0 Å². The second-order valence-electron chi connectivity index (χ2n) is 3.49. The maximum atomic E-state index is 12.1. The lowest BCUT2D eigenvalue weighted by Crippen LogP contribution is -2.03. The highest BCUT2D eigenvalue weighted by Gasteiger charge is 2.17. The van der Waals surface area contributed by atoms with Gasteiger partial charge in [-0.15, -0.1) is 0 Å². The molecule has 0 radical (unpaired) electrons. The third kappa shape index (κ3) is 2.21. The number of nitrogens with zero attached hydrogens (tertiary/aromatic N) is 1. The van der Waals surface area contributed by atoms with Gasteiger partial charge in [-0.3, -0.25) is 0 Å². The Bertz CT molecular complexity index is 567. The molecule has 4 N–H and O–H groups in total. The molecular formula is C11H11N3O2S. The third-order valence-corrected chi connectivity index (χ3v) is 4.01. The molecule has 0 fully saturated rings. The van der Waals surface area contributed by atoms with Gasteiger partial charge in [0.2, 0.25) is 9.84 Å². The fourth-order valence-electron chi connectivity index (χ4n) is 1.33. The van der Waals surface area contributed by atoms with E-state index in [-0.39, 0.29) is 15.6 Å². The molecule has 0 aliphatic rings. The molecule has 17 heavy (non-hydrogen) atoms. The van der Waals surface area contributed by atoms with E-state index in [4.69, 9.17) is 11.5 Å². The Morgan fingerprint density at radius 3 is 2.00 bits per heavy atom. The molecule has 0 saturated carbocycles. The zero-order valence-corrected chi connectivity index (χ0v) is 9.68. The Balaban J connectivity index is 2.50. The van der Waals surface area contributed by atoms with Crippen LogP contribution >= 0.6 is 0 Å². The van der Waals surface area contributed by atoms with E-state index in [2.05, 4.69) is 4.98 Å². The molecule has 0 saturated heterocycles. The maximum Gasteiger partial charge on any atom is 0.208 e. The lowest BCUT2D eigenvalue weighted by atomic mass is 10.3. The van der Waals surface area contributed by atoms with Crippen molar-refractivity contribution >= 4 is 21.3 Å². The van der Waals surface area contributed by atoms with Gasteiger partial charge in [0.05, 0.1) is 9.79 Å². The smallest absolute Gasteiger partial charge is 0.208 e. The van der Waals surface area contributed by atoms with Crippen molar-refractivity contribution in [1.82, 2.24) is 4.98 Å². The average molecular weight is 249 g/mol. The van der Waals surface area contributed by atoms with Crippen LogP contribution in [-0.4, -0.2) is 13.4 Å². The summed E-state index contributed by atoms with van der Waals surface area (Å²) in [6, 6.07) is 8.87. The topological polar surface area (TPSA) is 99.1 Å². The zero-order valence-electron chi connectivity index (χ0n) is 8.87. The van der Waals surface area contributed by atoms with Crippen molar-refractivity contribution < 1.29 is 8.42 Å². The summed E-state index contributed by atoms with van der Waals surface area (Å²) in [7, 11) is -3.55. The number of aromatic nitrogens is 1. The Kier molecular flexibility index (Phi) is 2.72. The SMILES string of the molecule is Nc1ccc(S(=O)(=O)c2ccc(N)nc2)cc1. The van der Waals surface area contributed by atoms with Gasteiger partial charge in [-0.2, -0.15) is 0 Å². The highest BCUT2D eigenvalue weighted by molar-refractivity contribution is 7.91. The van der Waals surface area contributed by atoms with Crippen molar-refractivity contribution in [1.29, 1.82) is 0 Å². The minimum Gasteiger partial charge on any atom is -0.399 e. The van der Waals surface area contributed by atoms with E-state index >= 15 is 0 Å². The molecule has 88 valence electrons. The van der Waals surface area contributed by atoms with Crippen LogP contribution in [0.3, 0.4) is 0 Å². The van der Waals surface area contributed by atoms with Gasteiger partial charge in [0.15, 0.2) is 0 Å². The molecule has 5 nitrogen and oxygen atoms in total. The highest BCUT2D eigenvalue weighted by Crippen LogP contribution is 2.21. The highest BCUT2D eigenvalue weighted by atomic mass is 32.2. The second kappa shape index (κ2) is 4.06. The molecule has 2 aromatic rings. The number of hydrogen-bond donors (Lipinski definition) is 2. The van der Waals surface area contributed by atoms with Crippen LogP contribution in [-0.2, 0) is 9.84 Å². The number of sulfone groups is 1. The summed E-state index contributed by atoms with van der Waals surface area (Å²) in [6.45, 7) is 0. The lowest BCUT2D eigenvalue weighted by molar-refractivity contribution is 0.596. The summed E-state index contributed by atoms with van der Waals surface area (Å²) in [5, 5.41) is 0. The number of pyridine rings is 1. The van der Waals surface area contributed by atoms with E-state index in [1.54, 1.807) is 0 Å². The second-order valence-corrected chi connectivity index (χ2v) is 5.44. The number of benzene rings is 1. The maximum absolute atomic E-state index is 12.1. The van der Waals surface area contributed by atoms with Crippen LogP contribution in [0.5, 0.6) is 0 Å². The average Bonchev–Trinajstić information content (AvgIpc) is 2.30. The van der Waals surface area contributed by atoms with Gasteiger partial charge in [0.25, 0.3) is 0 Å². The first kappa shape index (κ1) is 11.4.